The summed E-state index contributed by atoms with van der Waals surface area (Å²) >= 11 is 16.9. The normalized spacial score (nSPS) is 30.0. The summed E-state index contributed by atoms with van der Waals surface area (Å²) in [7, 11) is 6.10. The molecule has 15 aliphatic heterocycles. The predicted molar refractivity (Wildman–Crippen MR) is 537 cm³/mol. The molecule has 4 aromatic rings. The maximum absolute atomic E-state index is 13.3. The molecule has 10 bridgehead atoms. The van der Waals surface area contributed by atoms with E-state index in [-0.39, 0.29) is 110 Å². The van der Waals surface area contributed by atoms with Gasteiger partial charge in [0.2, 0.25) is 27.4 Å². The second-order valence-corrected chi connectivity index (χ2v) is 43.7. The van der Waals surface area contributed by atoms with Crippen molar-refractivity contribution in [3.05, 3.63) is 192 Å². The number of Topliss-reactive ketones (excluding diaryl/α,β-unsaturated/α-hetero) is 1. The highest BCUT2D eigenvalue weighted by molar-refractivity contribution is 6.67. The van der Waals surface area contributed by atoms with Crippen molar-refractivity contribution >= 4 is 112 Å². The van der Waals surface area contributed by atoms with Crippen molar-refractivity contribution in [3.63, 3.8) is 0 Å². The van der Waals surface area contributed by atoms with Gasteiger partial charge in [-0.1, -0.05) is 187 Å². The van der Waals surface area contributed by atoms with E-state index in [0.717, 1.165) is 93.3 Å². The molecule has 0 radical (unpaired) electrons. The van der Waals surface area contributed by atoms with Crippen molar-refractivity contribution in [2.24, 2.45) is 64.9 Å². The number of aliphatic carboxylic acids is 1. The third-order valence-corrected chi connectivity index (χ3v) is 29.6. The number of alkyl halides is 3. The van der Waals surface area contributed by atoms with Gasteiger partial charge in [0.15, 0.2) is 0 Å². The SMILES string of the molecule is CC(Cc1ccc(OC(=O)C2C(C(=O)N3CCN(C)CC3)[C@@H]3C=C[C@H]2O3)cc1)NC(=O)OC(C)(C)C.CC(N)Cc1ccc(OC(=O)C2C(C(=O)N3CCN(C)CC3)[C@@H]3C=C[C@H]2O3)cc1.CC1(c2ccccc2)NC(=O)N(CCCC(=O)C2C(C(=O)O)[C@H]3C=C[C@@H]2O3)C1=O.CCCN1CCN(C(=O)C2C(C(=O)OCc3ccccc3)[C@H]3C=C[C@@H]2O3)CC1.CN1CCN(C(=O)C2C(C(=O)OCC(Cl)(Cl)Cl)[C@H]3C=C[C@@H]2O3)CC1. The number of imide groups is 1. The third-order valence-electron chi connectivity index (χ3n) is 29.2. The number of nitrogens with two attached hydrogens (primary N) is 1. The second kappa shape index (κ2) is 48.2. The molecule has 4 aromatic carbocycles. The molecule has 5 N–H and O–H groups in total. The number of nitrogens with one attached hydrogen (secondary N) is 2. The van der Waals surface area contributed by atoms with Gasteiger partial charge in [0.25, 0.3) is 5.91 Å². The molecule has 15 heterocycles. The number of hydrogen-bond donors (Lipinski definition) is 4. The highest BCUT2D eigenvalue weighted by Crippen LogP contribution is 2.47. The molecule has 0 aliphatic carbocycles. The summed E-state index contributed by atoms with van der Waals surface area (Å²) in [6, 6.07) is 32.6. The Morgan fingerprint density at radius 3 is 1.19 bits per heavy atom. The number of rotatable bonds is 27. The van der Waals surface area contributed by atoms with Crippen molar-refractivity contribution in [2.45, 2.75) is 175 Å². The third kappa shape index (κ3) is 26.5. The Hall–Kier alpha value is -10.8. The number of carbonyl (C=O) groups excluding carboxylic acids is 12. The highest BCUT2D eigenvalue weighted by Gasteiger charge is 2.61. The number of carboxylic acids is 1. The number of piperazine rings is 4. The van der Waals surface area contributed by atoms with E-state index in [0.29, 0.717) is 75.8 Å². The minimum absolute atomic E-state index is 0.0100. The van der Waals surface area contributed by atoms with Crippen LogP contribution >= 0.6 is 34.8 Å². The van der Waals surface area contributed by atoms with E-state index in [1.807, 2.05) is 174 Å². The first-order chi connectivity index (χ1) is 69.7. The molecule has 10 saturated heterocycles. The fraction of sp³-hybridized carbons (Fsp3) is 0.561. The molecule has 15 aliphatic rings. The Morgan fingerprint density at radius 1 is 0.459 bits per heavy atom. The van der Waals surface area contributed by atoms with Crippen LogP contribution in [0.25, 0.3) is 0 Å². The van der Waals surface area contributed by atoms with Crippen molar-refractivity contribution in [3.8, 4) is 11.5 Å². The van der Waals surface area contributed by atoms with Crippen molar-refractivity contribution in [2.75, 3.05) is 146 Å². The summed E-state index contributed by atoms with van der Waals surface area (Å²) in [5, 5.41) is 15.0. The van der Waals surface area contributed by atoms with Gasteiger partial charge in [-0.15, -0.1) is 0 Å². The van der Waals surface area contributed by atoms with Gasteiger partial charge in [0.1, 0.15) is 65.3 Å². The van der Waals surface area contributed by atoms with Gasteiger partial charge in [-0.25, -0.2) is 9.59 Å². The first-order valence-corrected chi connectivity index (χ1v) is 51.7. The average molecular weight is 2080 g/mol. The molecule has 39 heteroatoms. The summed E-state index contributed by atoms with van der Waals surface area (Å²) in [5.74, 6) is -8.86. The highest BCUT2D eigenvalue weighted by atomic mass is 35.6. The average Bonchev–Trinajstić information content (AvgIpc) is 1.62. The van der Waals surface area contributed by atoms with Gasteiger partial charge in [0, 0.05) is 130 Å². The number of hydrogen-bond acceptors (Lipinski definition) is 28. The Morgan fingerprint density at radius 2 is 0.815 bits per heavy atom. The van der Waals surface area contributed by atoms with Crippen molar-refractivity contribution < 1.29 is 115 Å². The summed E-state index contributed by atoms with van der Waals surface area (Å²) in [6.45, 7) is 26.2. The molecule has 36 nitrogen and oxygen atoms in total. The second-order valence-electron chi connectivity index (χ2n) is 41.2. The van der Waals surface area contributed by atoms with Crippen LogP contribution in [-0.2, 0) is 116 Å². The van der Waals surface area contributed by atoms with Gasteiger partial charge in [0.05, 0.1) is 96.5 Å². The van der Waals surface area contributed by atoms with Crippen LogP contribution in [0.4, 0.5) is 9.59 Å². The lowest BCUT2D eigenvalue weighted by molar-refractivity contribution is -0.156. The zero-order valence-electron chi connectivity index (χ0n) is 84.1. The Balaban J connectivity index is 0.000000138. The number of ether oxygens (including phenoxy) is 10. The minimum atomic E-state index is -1.68. The molecule has 788 valence electrons. The number of carbonyl (C=O) groups is 13. The number of likely N-dealkylation sites (N-methyl/N-ethyl adjacent to an activating group) is 3. The zero-order chi connectivity index (χ0) is 104. The number of fused-ring (bicyclic) bond motifs is 10. The molecule has 13 unspecified atom stereocenters. The summed E-state index contributed by atoms with van der Waals surface area (Å²) < 4.78 is 54.5. The van der Waals surface area contributed by atoms with Gasteiger partial charge >= 0.3 is 42.0 Å². The van der Waals surface area contributed by atoms with Crippen LogP contribution in [0.2, 0.25) is 0 Å². The molecule has 146 heavy (non-hydrogen) atoms. The molecule has 19 rings (SSSR count). The monoisotopic (exact) mass is 2080 g/mol. The first kappa shape index (κ1) is 109. The zero-order valence-corrected chi connectivity index (χ0v) is 86.4. The van der Waals surface area contributed by atoms with Gasteiger partial charge in [-0.3, -0.25) is 62.5 Å². The first-order valence-electron chi connectivity index (χ1n) is 50.6. The quantitative estimate of drug-likeness (QED) is 0.0110. The molecule has 0 saturated carbocycles. The number of nitrogens with zero attached hydrogens (tertiary/aromatic N) is 9. The lowest BCUT2D eigenvalue weighted by Crippen LogP contribution is -2.53. The van der Waals surface area contributed by atoms with E-state index in [2.05, 4.69) is 37.2 Å². The van der Waals surface area contributed by atoms with E-state index in [1.165, 1.54) is 0 Å². The van der Waals surface area contributed by atoms with E-state index in [9.17, 15) is 67.4 Å². The number of alkyl carbamates (subject to hydrolysis) is 1. The molecule has 0 aromatic heterocycles. The molecule has 10 fully saturated rings. The molecular formula is C107H135Cl3N12O24. The number of amides is 8. The predicted octanol–water partition coefficient (Wildman–Crippen LogP) is 7.77. The van der Waals surface area contributed by atoms with E-state index >= 15 is 0 Å². The largest absolute Gasteiger partial charge is 0.481 e. The van der Waals surface area contributed by atoms with Crippen LogP contribution in [0.5, 0.6) is 11.5 Å². The number of carboxylic acid groups (broad SMARTS) is 1. The van der Waals surface area contributed by atoms with E-state index < -0.39 is 147 Å². The summed E-state index contributed by atoms with van der Waals surface area (Å²) in [5.41, 5.74) is 7.83. The standard InChI is InChI=1S/C27H37N3O6.C22H29N3O4.C22H28N2O4.C21H22N2O6.C15H19Cl3N2O4/c1-17(28-26(33)36-27(2,3)4)16-18-6-8-19(9-7-18)34-25(32)23-21-11-10-20(35-21)22(23)24(31)30-14-12-29(5)13-15-30;1-14(23)13-15-3-5-16(6-4-15)28-22(27)20-18-8-7-17(29-18)19(20)21(26)25-11-9-24(2)10-12-25;1-2-10-23-11-13-24(14-12-23)21(25)19-17-8-9-18(28-17)20(19)22(26)27-15-16-6-4-3-5-7-16;1-21(12-6-3-2-4-7-12)19(27)23(20(28)22-21)11-5-8-13(24)16-14-9-10-15(29-14)17(16)18(25)26;1-19-4-6-20(7-5-19)13(21)11-9-2-3-10(24-9)12(11)14(22)23-8-15(16,17)18/h6-11,17,20-23H,12-16H2,1-5H3,(H,28,33);3-8,14,17-20H,9-13,23H2,1-2H3;3-9,17-20H,2,10-15H2,1H3;2-4,6-7,9-10,14-17H,5,8,11H2,1H3,(H,22,28)(H,25,26);2-3,9-12H,4-8H2,1H3/t17?,20-,21+,22?,23?;14?,17-,18+,19?,20?;17-,18+,19?,20?;14-,15+,16?,17?,21?;9-,10+,11?,12?/m00000/s1. The number of esters is 4. The lowest BCUT2D eigenvalue weighted by atomic mass is 9.79. The van der Waals surface area contributed by atoms with Crippen LogP contribution in [0, 0.1) is 59.2 Å². The maximum atomic E-state index is 13.3. The smallest absolute Gasteiger partial charge is 0.407 e. The summed E-state index contributed by atoms with van der Waals surface area (Å²) in [6.07, 6.45) is 16.6. The fourth-order valence-corrected chi connectivity index (χ4v) is 21.7. The lowest BCUT2D eigenvalue weighted by Gasteiger charge is -2.37. The van der Waals surface area contributed by atoms with Gasteiger partial charge in [-0.05, 0) is 141 Å². The van der Waals surface area contributed by atoms with Crippen LogP contribution in [0.1, 0.15) is 90.0 Å². The Bertz CT molecular complexity index is 5480. The Kier molecular flexibility index (Phi) is 36.1. The van der Waals surface area contributed by atoms with Crippen molar-refractivity contribution in [1.82, 2.24) is 54.7 Å². The fourth-order valence-electron chi connectivity index (χ4n) is 21.5. The maximum Gasteiger partial charge on any atom is 0.407 e. The number of urea groups is 1. The number of halogens is 3. The number of benzene rings is 4. The van der Waals surface area contributed by atoms with E-state index in [1.54, 1.807) is 78.6 Å². The molecule has 23 atom stereocenters. The van der Waals surface area contributed by atoms with Crippen LogP contribution in [-0.4, -0.2) is 355 Å². The Labute approximate surface area is 866 Å². The van der Waals surface area contributed by atoms with E-state index in [4.69, 9.17) is 87.9 Å². The minimum Gasteiger partial charge on any atom is -0.481 e. The van der Waals surface area contributed by atoms with Gasteiger partial charge in [-0.2, -0.15) is 0 Å². The summed E-state index contributed by atoms with van der Waals surface area (Å²) in [4.78, 5) is 183. The van der Waals surface area contributed by atoms with Crippen LogP contribution in [0.3, 0.4) is 0 Å². The van der Waals surface area contributed by atoms with Gasteiger partial charge < -0.3 is 103 Å². The van der Waals surface area contributed by atoms with Crippen molar-refractivity contribution in [1.29, 1.82) is 0 Å². The van der Waals surface area contributed by atoms with Crippen LogP contribution in [0.15, 0.2) is 170 Å². The topological polar surface area (TPSA) is 414 Å². The van der Waals surface area contributed by atoms with Crippen LogP contribution < -0.4 is 25.8 Å². The molecule has 8 amide bonds. The molecular weight excluding hydrogens is 1940 g/mol. The number of ketones is 1. The molecule has 0 spiro atoms.